The van der Waals surface area contributed by atoms with Crippen molar-refractivity contribution in [2.24, 2.45) is 0 Å². The molecular formula is C20H16FN3O2. The van der Waals surface area contributed by atoms with Crippen molar-refractivity contribution in [3.63, 3.8) is 0 Å². The van der Waals surface area contributed by atoms with Crippen LogP contribution in [0.2, 0.25) is 0 Å². The summed E-state index contributed by atoms with van der Waals surface area (Å²) in [4.78, 5) is 16.6. The van der Waals surface area contributed by atoms with Gasteiger partial charge in [-0.2, -0.15) is 0 Å². The first-order valence-electron chi connectivity index (χ1n) is 8.11. The predicted molar refractivity (Wildman–Crippen MR) is 98.8 cm³/mol. The van der Waals surface area contributed by atoms with Gasteiger partial charge in [-0.05, 0) is 23.6 Å². The van der Waals surface area contributed by atoms with Crippen LogP contribution in [0.1, 0.15) is 0 Å². The van der Waals surface area contributed by atoms with E-state index < -0.39 is 5.82 Å². The molecule has 1 N–H and O–H groups in total. The van der Waals surface area contributed by atoms with E-state index in [1.807, 2.05) is 30.3 Å². The fourth-order valence-corrected chi connectivity index (χ4v) is 3.07. The van der Waals surface area contributed by atoms with E-state index in [4.69, 9.17) is 4.74 Å². The van der Waals surface area contributed by atoms with Gasteiger partial charge in [-0.15, -0.1) is 0 Å². The number of halogens is 1. The van der Waals surface area contributed by atoms with Crippen LogP contribution in [-0.2, 0) is 11.3 Å². The van der Waals surface area contributed by atoms with Crippen LogP contribution in [0.3, 0.4) is 0 Å². The number of methoxy groups -OCH3 is 1. The molecule has 0 saturated heterocycles. The van der Waals surface area contributed by atoms with Gasteiger partial charge in [0.15, 0.2) is 0 Å². The molecule has 1 aromatic heterocycles. The van der Waals surface area contributed by atoms with Gasteiger partial charge in [0.05, 0.1) is 19.0 Å². The number of nitrogens with zero attached hydrogens (tertiary/aromatic N) is 2. The van der Waals surface area contributed by atoms with Crippen molar-refractivity contribution in [1.29, 1.82) is 0 Å². The fourth-order valence-electron chi connectivity index (χ4n) is 3.07. The smallest absolute Gasteiger partial charge is 0.244 e. The molecule has 0 spiro atoms. The Morgan fingerprint density at radius 3 is 2.88 bits per heavy atom. The molecule has 0 atom stereocenters. The van der Waals surface area contributed by atoms with Crippen molar-refractivity contribution in [1.82, 2.24) is 9.55 Å². The number of carbonyl (C=O) groups is 1. The molecule has 4 aromatic rings. The Balaban J connectivity index is 1.61. The number of benzene rings is 3. The molecule has 1 amide bonds. The lowest BCUT2D eigenvalue weighted by Gasteiger charge is -2.11. The summed E-state index contributed by atoms with van der Waals surface area (Å²) in [6, 6.07) is 16.1. The molecule has 130 valence electrons. The second-order valence-electron chi connectivity index (χ2n) is 5.93. The molecule has 0 fully saturated rings. The predicted octanol–water partition coefficient (Wildman–Crippen LogP) is 3.98. The largest absolute Gasteiger partial charge is 0.496 e. The number of rotatable bonds is 4. The van der Waals surface area contributed by atoms with Gasteiger partial charge in [0.2, 0.25) is 5.91 Å². The second-order valence-corrected chi connectivity index (χ2v) is 5.93. The van der Waals surface area contributed by atoms with Crippen LogP contribution < -0.4 is 10.1 Å². The van der Waals surface area contributed by atoms with Crippen molar-refractivity contribution in [2.75, 3.05) is 12.4 Å². The standard InChI is InChI=1S/C20H16FN3O2/c1-26-18-10-14(9-13-5-2-3-6-15(13)18)23-19(25)11-24-12-22-17-8-4-7-16(21)20(17)24/h2-10,12H,11H2,1H3,(H,23,25). The highest BCUT2D eigenvalue weighted by atomic mass is 19.1. The molecule has 5 nitrogen and oxygen atoms in total. The van der Waals surface area contributed by atoms with Crippen molar-refractivity contribution < 1.29 is 13.9 Å². The highest BCUT2D eigenvalue weighted by molar-refractivity contribution is 5.97. The summed E-state index contributed by atoms with van der Waals surface area (Å²) in [5.74, 6) is 0.00240. The summed E-state index contributed by atoms with van der Waals surface area (Å²) in [6.07, 6.45) is 1.47. The molecule has 0 unspecified atom stereocenters. The van der Waals surface area contributed by atoms with E-state index in [0.29, 0.717) is 22.5 Å². The van der Waals surface area contributed by atoms with Crippen LogP contribution in [0.15, 0.2) is 60.9 Å². The van der Waals surface area contributed by atoms with E-state index in [0.717, 1.165) is 10.8 Å². The highest BCUT2D eigenvalue weighted by Crippen LogP contribution is 2.29. The molecule has 4 rings (SSSR count). The van der Waals surface area contributed by atoms with Crippen LogP contribution in [0, 0.1) is 5.82 Å². The molecule has 3 aromatic carbocycles. The lowest BCUT2D eigenvalue weighted by Crippen LogP contribution is -2.18. The van der Waals surface area contributed by atoms with E-state index in [-0.39, 0.29) is 12.5 Å². The van der Waals surface area contributed by atoms with Crippen molar-refractivity contribution in [2.45, 2.75) is 6.54 Å². The number of ether oxygens (including phenoxy) is 1. The summed E-state index contributed by atoms with van der Waals surface area (Å²) in [6.45, 7) is -0.0351. The Kier molecular flexibility index (Phi) is 4.01. The van der Waals surface area contributed by atoms with Crippen LogP contribution >= 0.6 is 0 Å². The van der Waals surface area contributed by atoms with E-state index in [9.17, 15) is 9.18 Å². The third-order valence-electron chi connectivity index (χ3n) is 4.23. The molecule has 6 heteroatoms. The molecule has 0 aliphatic rings. The van der Waals surface area contributed by atoms with Gasteiger partial charge < -0.3 is 14.6 Å². The molecular weight excluding hydrogens is 333 g/mol. The van der Waals surface area contributed by atoms with Gasteiger partial charge in [0.25, 0.3) is 0 Å². The van der Waals surface area contributed by atoms with Crippen molar-refractivity contribution in [3.05, 3.63) is 66.7 Å². The Labute approximate surface area is 149 Å². The number of fused-ring (bicyclic) bond motifs is 2. The van der Waals surface area contributed by atoms with Gasteiger partial charge in [0, 0.05) is 17.1 Å². The zero-order chi connectivity index (χ0) is 18.1. The number of aromatic nitrogens is 2. The molecule has 0 aliphatic heterocycles. The summed E-state index contributed by atoms with van der Waals surface area (Å²) in [5.41, 5.74) is 1.46. The Bertz CT molecular complexity index is 1120. The third kappa shape index (κ3) is 2.86. The molecule has 1 heterocycles. The molecule has 26 heavy (non-hydrogen) atoms. The van der Waals surface area contributed by atoms with Crippen LogP contribution in [0.25, 0.3) is 21.8 Å². The first-order valence-corrected chi connectivity index (χ1v) is 8.11. The summed E-state index contributed by atoms with van der Waals surface area (Å²) in [7, 11) is 1.59. The fraction of sp³-hybridized carbons (Fsp3) is 0.100. The van der Waals surface area contributed by atoms with Gasteiger partial charge in [-0.1, -0.05) is 30.3 Å². The van der Waals surface area contributed by atoms with Crippen LogP contribution in [-0.4, -0.2) is 22.6 Å². The number of amides is 1. The number of para-hydroxylation sites is 1. The quantitative estimate of drug-likeness (QED) is 0.606. The second kappa shape index (κ2) is 6.48. The number of hydrogen-bond acceptors (Lipinski definition) is 3. The molecule has 0 aliphatic carbocycles. The summed E-state index contributed by atoms with van der Waals surface area (Å²) >= 11 is 0. The summed E-state index contributed by atoms with van der Waals surface area (Å²) < 4.78 is 20.9. The van der Waals surface area contributed by atoms with E-state index in [2.05, 4.69) is 10.3 Å². The number of anilines is 1. The lowest BCUT2D eigenvalue weighted by atomic mass is 10.1. The van der Waals surface area contributed by atoms with Crippen molar-refractivity contribution in [3.8, 4) is 5.75 Å². The molecule has 0 saturated carbocycles. The minimum atomic E-state index is -0.403. The highest BCUT2D eigenvalue weighted by Gasteiger charge is 2.12. The average Bonchev–Trinajstić information content (AvgIpc) is 3.05. The van der Waals surface area contributed by atoms with E-state index in [1.165, 1.54) is 17.0 Å². The van der Waals surface area contributed by atoms with Gasteiger partial charge in [0.1, 0.15) is 23.6 Å². The van der Waals surface area contributed by atoms with E-state index in [1.54, 1.807) is 25.3 Å². The Morgan fingerprint density at radius 1 is 1.19 bits per heavy atom. The Hall–Kier alpha value is -3.41. The zero-order valence-corrected chi connectivity index (χ0v) is 14.1. The minimum absolute atomic E-state index is 0.0351. The maximum Gasteiger partial charge on any atom is 0.244 e. The molecule has 0 radical (unpaired) electrons. The first-order chi connectivity index (χ1) is 12.7. The van der Waals surface area contributed by atoms with Crippen LogP contribution in [0.4, 0.5) is 10.1 Å². The van der Waals surface area contributed by atoms with Gasteiger partial charge in [-0.25, -0.2) is 9.37 Å². The number of imidazole rings is 1. The number of hydrogen-bond donors (Lipinski definition) is 1. The first kappa shape index (κ1) is 16.1. The third-order valence-corrected chi connectivity index (χ3v) is 4.23. The van der Waals surface area contributed by atoms with Crippen molar-refractivity contribution >= 4 is 33.4 Å². The maximum atomic E-state index is 14.0. The maximum absolute atomic E-state index is 14.0. The zero-order valence-electron chi connectivity index (χ0n) is 14.1. The lowest BCUT2D eigenvalue weighted by molar-refractivity contribution is -0.116. The summed E-state index contributed by atoms with van der Waals surface area (Å²) in [5, 5.41) is 4.77. The molecule has 0 bridgehead atoms. The monoisotopic (exact) mass is 349 g/mol. The van der Waals surface area contributed by atoms with E-state index >= 15 is 0 Å². The van der Waals surface area contributed by atoms with Crippen LogP contribution in [0.5, 0.6) is 5.75 Å². The Morgan fingerprint density at radius 2 is 2.04 bits per heavy atom. The van der Waals surface area contributed by atoms with Gasteiger partial charge >= 0.3 is 0 Å². The minimum Gasteiger partial charge on any atom is -0.496 e. The average molecular weight is 349 g/mol. The number of carbonyl (C=O) groups excluding carboxylic acids is 1. The SMILES string of the molecule is COc1cc(NC(=O)Cn2cnc3cccc(F)c32)cc2ccccc12. The van der Waals surface area contributed by atoms with Gasteiger partial charge in [-0.3, -0.25) is 4.79 Å². The normalized spacial score (nSPS) is 11.0. The topological polar surface area (TPSA) is 56.1 Å². The number of nitrogens with one attached hydrogen (secondary N) is 1.